The average Bonchev–Trinajstić information content (AvgIpc) is 3.30. The molecule has 0 aliphatic carbocycles. The maximum atomic E-state index is 11.9. The molecule has 7 heteroatoms. The van der Waals surface area contributed by atoms with Crippen LogP contribution in [0.2, 0.25) is 0 Å². The third-order valence-electron chi connectivity index (χ3n) is 3.90. The summed E-state index contributed by atoms with van der Waals surface area (Å²) in [5.74, 6) is 1.34. The van der Waals surface area contributed by atoms with Gasteiger partial charge in [0.1, 0.15) is 12.1 Å². The van der Waals surface area contributed by atoms with Crippen LogP contribution in [0.1, 0.15) is 6.92 Å². The number of benzene rings is 2. The van der Waals surface area contributed by atoms with E-state index in [2.05, 4.69) is 25.4 Å². The van der Waals surface area contributed by atoms with E-state index in [9.17, 15) is 4.55 Å². The van der Waals surface area contributed by atoms with Gasteiger partial charge in [0.2, 0.25) is 0 Å². The molecular weight excluding hydrogens is 322 g/mol. The average molecular weight is 337 g/mol. The van der Waals surface area contributed by atoms with Crippen molar-refractivity contribution in [3.63, 3.8) is 0 Å². The molecule has 2 N–H and O–H groups in total. The Kier molecular flexibility index (Phi) is 3.79. The van der Waals surface area contributed by atoms with Crippen molar-refractivity contribution in [2.75, 3.05) is 5.75 Å². The number of nitrogens with zero attached hydrogens (tertiary/aromatic N) is 3. The van der Waals surface area contributed by atoms with Crippen LogP contribution in [0.25, 0.3) is 33.5 Å². The fraction of sp³-hybridized carbons (Fsp3) is 0.118. The molecule has 2 aromatic heterocycles. The molecule has 24 heavy (non-hydrogen) atoms. The first kappa shape index (κ1) is 14.9. The van der Waals surface area contributed by atoms with Gasteiger partial charge in [0, 0.05) is 16.5 Å². The molecule has 1 atom stereocenters. The molecule has 2 heterocycles. The first-order chi connectivity index (χ1) is 11.8. The van der Waals surface area contributed by atoms with Crippen molar-refractivity contribution in [3.8, 4) is 22.6 Å². The Bertz CT molecular complexity index is 962. The smallest absolute Gasteiger partial charge is 0.155 e. The van der Waals surface area contributed by atoms with Gasteiger partial charge in [0.25, 0.3) is 0 Å². The second-order valence-corrected chi connectivity index (χ2v) is 7.07. The maximum Gasteiger partial charge on any atom is 0.155 e. The molecule has 0 bridgehead atoms. The minimum Gasteiger partial charge on any atom is -0.611 e. The highest BCUT2D eigenvalue weighted by Gasteiger charge is 2.13. The minimum atomic E-state index is -0.944. The Hall–Kier alpha value is -2.64. The highest BCUT2D eigenvalue weighted by atomic mass is 32.2. The number of hydrogen-bond acceptors (Lipinski definition) is 4. The lowest BCUT2D eigenvalue weighted by Gasteiger charge is -2.07. The van der Waals surface area contributed by atoms with Crippen LogP contribution in [0, 0.1) is 0 Å². The lowest BCUT2D eigenvalue weighted by Crippen LogP contribution is -2.03. The molecule has 2 aromatic carbocycles. The summed E-state index contributed by atoms with van der Waals surface area (Å²) in [4.78, 5) is 5.03. The van der Waals surface area contributed by atoms with Crippen LogP contribution in [0.4, 0.5) is 0 Å². The summed E-state index contributed by atoms with van der Waals surface area (Å²) in [6.45, 7) is 1.91. The molecule has 0 fully saturated rings. The monoisotopic (exact) mass is 337 g/mol. The number of aromatic amines is 2. The maximum absolute atomic E-state index is 11.9. The fourth-order valence-corrected chi connectivity index (χ4v) is 3.43. The zero-order chi connectivity index (χ0) is 16.5. The molecule has 4 rings (SSSR count). The topological polar surface area (TPSA) is 93.3 Å². The van der Waals surface area contributed by atoms with Gasteiger partial charge in [-0.05, 0) is 60.6 Å². The number of rotatable bonds is 4. The lowest BCUT2D eigenvalue weighted by molar-refractivity contribution is 0.596. The Balaban J connectivity index is 1.77. The standard InChI is InChI=1S/C17H15N5OS/c1-2-24(23)13-6-3-11(4-7-13)16-14-9-12(17-18-10-19-22-17)5-8-15(14)20-21-16/h3-10H,2H2,1H3,(H,20,21)(H,18,19,22). The van der Waals surface area contributed by atoms with Gasteiger partial charge in [-0.3, -0.25) is 10.2 Å². The van der Waals surface area contributed by atoms with Gasteiger partial charge in [0.05, 0.1) is 11.2 Å². The second kappa shape index (κ2) is 6.10. The zero-order valence-electron chi connectivity index (χ0n) is 13.0. The molecule has 4 aromatic rings. The zero-order valence-corrected chi connectivity index (χ0v) is 13.8. The lowest BCUT2D eigenvalue weighted by atomic mass is 10.1. The Morgan fingerprint density at radius 3 is 2.54 bits per heavy atom. The third kappa shape index (κ3) is 2.57. The van der Waals surface area contributed by atoms with E-state index < -0.39 is 11.2 Å². The van der Waals surface area contributed by atoms with Crippen molar-refractivity contribution in [2.24, 2.45) is 0 Å². The number of H-pyrrole nitrogens is 2. The van der Waals surface area contributed by atoms with E-state index in [1.165, 1.54) is 6.33 Å². The van der Waals surface area contributed by atoms with Crippen LogP contribution < -0.4 is 0 Å². The van der Waals surface area contributed by atoms with Crippen LogP contribution in [-0.2, 0) is 11.2 Å². The van der Waals surface area contributed by atoms with E-state index in [1.807, 2.05) is 49.4 Å². The molecular formula is C17H15N5OS. The van der Waals surface area contributed by atoms with Gasteiger partial charge >= 0.3 is 0 Å². The number of aromatic nitrogens is 5. The van der Waals surface area contributed by atoms with Gasteiger partial charge in [-0.2, -0.15) is 10.2 Å². The first-order valence-corrected chi connectivity index (χ1v) is 8.91. The number of fused-ring (bicyclic) bond motifs is 1. The van der Waals surface area contributed by atoms with Crippen molar-refractivity contribution in [3.05, 3.63) is 48.8 Å². The Labute approximate surface area is 141 Å². The van der Waals surface area contributed by atoms with Crippen molar-refractivity contribution in [1.29, 1.82) is 0 Å². The van der Waals surface area contributed by atoms with Gasteiger partial charge in [0.15, 0.2) is 10.7 Å². The number of hydrogen-bond donors (Lipinski definition) is 2. The Morgan fingerprint density at radius 1 is 1.04 bits per heavy atom. The van der Waals surface area contributed by atoms with E-state index >= 15 is 0 Å². The van der Waals surface area contributed by atoms with E-state index in [0.717, 1.165) is 38.4 Å². The molecule has 0 saturated heterocycles. The van der Waals surface area contributed by atoms with Gasteiger partial charge in [-0.25, -0.2) is 4.98 Å². The molecule has 0 aliphatic rings. The van der Waals surface area contributed by atoms with Gasteiger partial charge < -0.3 is 4.55 Å². The molecule has 0 radical (unpaired) electrons. The normalized spacial score (nSPS) is 12.6. The predicted octanol–water partition coefficient (Wildman–Crippen LogP) is 3.14. The molecule has 6 nitrogen and oxygen atoms in total. The first-order valence-electron chi connectivity index (χ1n) is 7.59. The molecule has 0 spiro atoms. The van der Waals surface area contributed by atoms with Gasteiger partial charge in [-0.1, -0.05) is 0 Å². The minimum absolute atomic E-state index is 0.616. The highest BCUT2D eigenvalue weighted by Crippen LogP contribution is 2.30. The van der Waals surface area contributed by atoms with E-state index in [0.29, 0.717) is 5.75 Å². The van der Waals surface area contributed by atoms with Gasteiger partial charge in [-0.15, -0.1) is 0 Å². The number of nitrogens with one attached hydrogen (secondary N) is 2. The molecule has 0 aliphatic heterocycles. The van der Waals surface area contributed by atoms with Crippen molar-refractivity contribution in [1.82, 2.24) is 25.4 Å². The quantitative estimate of drug-likeness (QED) is 0.559. The van der Waals surface area contributed by atoms with E-state index in [4.69, 9.17) is 0 Å². The summed E-state index contributed by atoms with van der Waals surface area (Å²) in [7, 11) is 0. The van der Waals surface area contributed by atoms with Crippen molar-refractivity contribution < 1.29 is 4.55 Å². The summed E-state index contributed by atoms with van der Waals surface area (Å²) < 4.78 is 11.9. The predicted molar refractivity (Wildman–Crippen MR) is 93.9 cm³/mol. The highest BCUT2D eigenvalue weighted by molar-refractivity contribution is 7.91. The molecule has 120 valence electrons. The van der Waals surface area contributed by atoms with Crippen LogP contribution in [0.5, 0.6) is 0 Å². The molecule has 0 saturated carbocycles. The van der Waals surface area contributed by atoms with Crippen molar-refractivity contribution >= 4 is 22.1 Å². The summed E-state index contributed by atoms with van der Waals surface area (Å²) in [6, 6.07) is 13.7. The SMILES string of the molecule is CC[S+]([O-])c1ccc(-c2n[nH]c3ccc(-c4ncn[nH]4)cc23)cc1. The summed E-state index contributed by atoms with van der Waals surface area (Å²) in [5, 5.41) is 15.3. The Morgan fingerprint density at radius 2 is 1.83 bits per heavy atom. The van der Waals surface area contributed by atoms with Crippen LogP contribution >= 0.6 is 0 Å². The van der Waals surface area contributed by atoms with Crippen molar-refractivity contribution in [2.45, 2.75) is 11.8 Å². The van der Waals surface area contributed by atoms with E-state index in [1.54, 1.807) is 0 Å². The van der Waals surface area contributed by atoms with Crippen LogP contribution in [0.3, 0.4) is 0 Å². The van der Waals surface area contributed by atoms with Crippen LogP contribution in [0.15, 0.2) is 53.7 Å². The summed E-state index contributed by atoms with van der Waals surface area (Å²) >= 11 is -0.944. The fourth-order valence-electron chi connectivity index (χ4n) is 2.66. The van der Waals surface area contributed by atoms with E-state index in [-0.39, 0.29) is 0 Å². The van der Waals surface area contributed by atoms with Crippen LogP contribution in [-0.4, -0.2) is 35.7 Å². The molecule has 0 amide bonds. The second-order valence-electron chi connectivity index (χ2n) is 5.33. The largest absolute Gasteiger partial charge is 0.611 e. The summed E-state index contributed by atoms with van der Waals surface area (Å²) in [6.07, 6.45) is 1.49. The third-order valence-corrected chi connectivity index (χ3v) is 5.23. The summed E-state index contributed by atoms with van der Waals surface area (Å²) in [5.41, 5.74) is 3.74. The molecule has 1 unspecified atom stereocenters.